The molecule has 0 spiro atoms. The molecule has 2 aliphatic rings. The molecule has 8 heteroatoms. The average Bonchev–Trinajstić information content (AvgIpc) is 3.08. The Balaban J connectivity index is 1.42. The number of nitrogens with zero attached hydrogens (tertiary/aromatic N) is 4. The quantitative estimate of drug-likeness (QED) is 0.166. The van der Waals surface area contributed by atoms with Gasteiger partial charge in [0.05, 0.1) is 25.5 Å². The largest absolute Gasteiger partial charge is 0.494 e. The van der Waals surface area contributed by atoms with Gasteiger partial charge < -0.3 is 23.8 Å². The van der Waals surface area contributed by atoms with Crippen LogP contribution in [0.5, 0.6) is 17.2 Å². The van der Waals surface area contributed by atoms with Crippen molar-refractivity contribution in [2.45, 2.75) is 52.7 Å². The molecule has 0 unspecified atom stereocenters. The first-order valence-corrected chi connectivity index (χ1v) is 16.3. The molecular formula is C37H44N4O4. The lowest BCUT2D eigenvalue weighted by atomic mass is 9.96. The molecule has 0 radical (unpaired) electrons. The van der Waals surface area contributed by atoms with Crippen molar-refractivity contribution in [2.24, 2.45) is 0 Å². The van der Waals surface area contributed by atoms with Gasteiger partial charge >= 0.3 is 0 Å². The third-order valence-electron chi connectivity index (χ3n) is 8.31. The van der Waals surface area contributed by atoms with E-state index in [0.29, 0.717) is 39.6 Å². The van der Waals surface area contributed by atoms with Gasteiger partial charge in [-0.3, -0.25) is 4.90 Å². The highest BCUT2D eigenvalue weighted by Gasteiger charge is 2.25. The van der Waals surface area contributed by atoms with E-state index in [1.165, 1.54) is 22.3 Å². The van der Waals surface area contributed by atoms with Gasteiger partial charge in [0.25, 0.3) is 0 Å². The van der Waals surface area contributed by atoms with Crippen LogP contribution in [-0.2, 0) is 30.8 Å². The summed E-state index contributed by atoms with van der Waals surface area (Å²) in [4.78, 5) is 4.86. The van der Waals surface area contributed by atoms with Gasteiger partial charge in [0.2, 0.25) is 0 Å². The highest BCUT2D eigenvalue weighted by atomic mass is 16.6. The molecule has 0 atom stereocenters. The van der Waals surface area contributed by atoms with Crippen molar-refractivity contribution in [1.29, 1.82) is 0 Å². The molecule has 8 nitrogen and oxygen atoms in total. The van der Waals surface area contributed by atoms with E-state index in [-0.39, 0.29) is 0 Å². The summed E-state index contributed by atoms with van der Waals surface area (Å²) in [6, 6.07) is 25.2. The zero-order valence-electron chi connectivity index (χ0n) is 26.5. The molecule has 3 aromatic carbocycles. The highest BCUT2D eigenvalue weighted by molar-refractivity contribution is 5.67. The second-order valence-electron chi connectivity index (χ2n) is 11.6. The Kier molecular flexibility index (Phi) is 10.4. The smallest absolute Gasteiger partial charge is 0.161 e. The topological polar surface area (TPSA) is 69.2 Å². The highest BCUT2D eigenvalue weighted by Crippen LogP contribution is 2.34. The third-order valence-corrected chi connectivity index (χ3v) is 8.31. The lowest BCUT2D eigenvalue weighted by molar-refractivity contribution is 0.122. The van der Waals surface area contributed by atoms with E-state index in [9.17, 15) is 0 Å². The minimum Gasteiger partial charge on any atom is -0.494 e. The molecule has 0 N–H and O–H groups in total. The average molecular weight is 609 g/mol. The van der Waals surface area contributed by atoms with E-state index >= 15 is 0 Å². The maximum absolute atomic E-state index is 5.95. The van der Waals surface area contributed by atoms with Crippen LogP contribution < -0.4 is 19.1 Å². The van der Waals surface area contributed by atoms with Gasteiger partial charge in [-0.25, -0.2) is 0 Å². The molecule has 0 bridgehead atoms. The first-order valence-electron chi connectivity index (χ1n) is 16.3. The summed E-state index contributed by atoms with van der Waals surface area (Å²) < 4.78 is 23.4. The fourth-order valence-electron chi connectivity index (χ4n) is 6.14. The molecule has 3 heterocycles. The van der Waals surface area contributed by atoms with E-state index in [1.807, 2.05) is 19.1 Å². The summed E-state index contributed by atoms with van der Waals surface area (Å²) in [5.41, 5.74) is 7.00. The Bertz CT molecular complexity index is 1540. The van der Waals surface area contributed by atoms with Gasteiger partial charge in [0, 0.05) is 43.9 Å². The van der Waals surface area contributed by atoms with Crippen molar-refractivity contribution < 1.29 is 18.9 Å². The fourth-order valence-corrected chi connectivity index (χ4v) is 6.14. The maximum Gasteiger partial charge on any atom is 0.161 e. The number of fused-ring (bicyclic) bond motifs is 1. The van der Waals surface area contributed by atoms with Crippen LogP contribution in [0.4, 0.5) is 5.82 Å². The van der Waals surface area contributed by atoms with E-state index in [1.54, 1.807) is 0 Å². The first-order chi connectivity index (χ1) is 22.2. The lowest BCUT2D eigenvalue weighted by Gasteiger charge is -2.32. The molecular weight excluding hydrogens is 564 g/mol. The van der Waals surface area contributed by atoms with Crippen LogP contribution >= 0.6 is 0 Å². The zero-order chi connectivity index (χ0) is 30.8. The lowest BCUT2D eigenvalue weighted by Crippen LogP contribution is -2.38. The van der Waals surface area contributed by atoms with Gasteiger partial charge in [-0.1, -0.05) is 61.9 Å². The van der Waals surface area contributed by atoms with Crippen LogP contribution in [0.2, 0.25) is 0 Å². The standard InChI is InChI=1S/C37H44N4O4/c1-3-5-14-32-33(37(41-17-19-42-20-18-41)39-38-36(32)30-11-7-6-8-12-30)27-40(25-28-10-9-13-31(23-28)43-4-2)26-29-15-16-34-35(24-29)45-22-21-44-34/h6-13,15-16,23-24H,3-5,14,17-22,25-27H2,1-2H3. The molecule has 0 aliphatic carbocycles. The van der Waals surface area contributed by atoms with E-state index in [0.717, 1.165) is 79.8 Å². The van der Waals surface area contributed by atoms with Crippen molar-refractivity contribution >= 4 is 5.82 Å². The summed E-state index contributed by atoms with van der Waals surface area (Å²) in [5, 5.41) is 9.84. The molecule has 6 rings (SSSR count). The molecule has 1 aromatic heterocycles. The summed E-state index contributed by atoms with van der Waals surface area (Å²) >= 11 is 0. The predicted octanol–water partition coefficient (Wildman–Crippen LogP) is 6.70. The molecule has 1 fully saturated rings. The van der Waals surface area contributed by atoms with Crippen molar-refractivity contribution in [3.05, 3.63) is 95.1 Å². The molecule has 2 aliphatic heterocycles. The second kappa shape index (κ2) is 15.2. The minimum atomic E-state index is 0.568. The van der Waals surface area contributed by atoms with Crippen molar-refractivity contribution in [3.8, 4) is 28.5 Å². The number of unbranched alkanes of at least 4 members (excludes halogenated alkanes) is 1. The van der Waals surface area contributed by atoms with Gasteiger partial charge in [-0.05, 0) is 60.7 Å². The number of morpholine rings is 1. The van der Waals surface area contributed by atoms with Crippen LogP contribution in [0.25, 0.3) is 11.3 Å². The minimum absolute atomic E-state index is 0.568. The Morgan fingerprint density at radius 3 is 2.31 bits per heavy atom. The Morgan fingerprint density at radius 1 is 0.756 bits per heavy atom. The molecule has 0 amide bonds. The van der Waals surface area contributed by atoms with Gasteiger partial charge in [0.15, 0.2) is 17.3 Å². The van der Waals surface area contributed by atoms with Crippen LogP contribution in [0, 0.1) is 0 Å². The molecule has 45 heavy (non-hydrogen) atoms. The molecule has 1 saturated heterocycles. The number of aromatic nitrogens is 2. The van der Waals surface area contributed by atoms with E-state index < -0.39 is 0 Å². The molecule has 236 valence electrons. The Morgan fingerprint density at radius 2 is 1.53 bits per heavy atom. The second-order valence-corrected chi connectivity index (χ2v) is 11.6. The van der Waals surface area contributed by atoms with Crippen molar-refractivity contribution in [1.82, 2.24) is 15.1 Å². The van der Waals surface area contributed by atoms with E-state index in [2.05, 4.69) is 77.4 Å². The van der Waals surface area contributed by atoms with Crippen LogP contribution in [0.3, 0.4) is 0 Å². The number of ether oxygens (including phenoxy) is 4. The van der Waals surface area contributed by atoms with Gasteiger partial charge in [-0.15, -0.1) is 10.2 Å². The summed E-state index contributed by atoms with van der Waals surface area (Å²) in [7, 11) is 0. The number of anilines is 1. The van der Waals surface area contributed by atoms with Crippen molar-refractivity contribution in [3.63, 3.8) is 0 Å². The summed E-state index contributed by atoms with van der Waals surface area (Å²) in [6.07, 6.45) is 3.13. The number of rotatable bonds is 13. The SMILES string of the molecule is CCCCc1c(-c2ccccc2)nnc(N2CCOCC2)c1CN(Cc1cccc(OCC)c1)Cc1ccc2c(c1)OCCO2. The Hall–Kier alpha value is -4.14. The zero-order valence-corrected chi connectivity index (χ0v) is 26.5. The molecule has 4 aromatic rings. The third kappa shape index (κ3) is 7.75. The van der Waals surface area contributed by atoms with Crippen molar-refractivity contribution in [2.75, 3.05) is 51.0 Å². The Labute approximate surface area is 266 Å². The monoisotopic (exact) mass is 608 g/mol. The van der Waals surface area contributed by atoms with Gasteiger partial charge in [0.1, 0.15) is 19.0 Å². The fraction of sp³-hybridized carbons (Fsp3) is 0.405. The van der Waals surface area contributed by atoms with Crippen LogP contribution in [0.15, 0.2) is 72.8 Å². The van der Waals surface area contributed by atoms with Crippen LogP contribution in [-0.4, -0.2) is 61.2 Å². The van der Waals surface area contributed by atoms with Crippen LogP contribution in [0.1, 0.15) is 48.9 Å². The summed E-state index contributed by atoms with van der Waals surface area (Å²) in [6.45, 7) is 11.2. The number of hydrogen-bond acceptors (Lipinski definition) is 8. The predicted molar refractivity (Wildman–Crippen MR) is 177 cm³/mol. The maximum atomic E-state index is 5.95. The first kappa shape index (κ1) is 30.9. The van der Waals surface area contributed by atoms with Gasteiger partial charge in [-0.2, -0.15) is 0 Å². The normalized spacial score (nSPS) is 14.5. The molecule has 0 saturated carbocycles. The summed E-state index contributed by atoms with van der Waals surface area (Å²) in [5.74, 6) is 3.48. The number of hydrogen-bond donors (Lipinski definition) is 0. The van der Waals surface area contributed by atoms with E-state index in [4.69, 9.17) is 29.1 Å². The number of benzene rings is 3.